The minimum absolute atomic E-state index is 0.0492. The monoisotopic (exact) mass is 900 g/mol. The van der Waals surface area contributed by atoms with E-state index in [1.165, 1.54) is 12.0 Å². The second-order valence-corrected chi connectivity index (χ2v) is 19.7. The van der Waals surface area contributed by atoms with Gasteiger partial charge in [-0.2, -0.15) is 0 Å². The van der Waals surface area contributed by atoms with Gasteiger partial charge in [-0.3, -0.25) is 14.4 Å². The number of Topliss-reactive ketones (excluding diaryl/α,β-unsaturated/α-hetero) is 2. The number of rotatable bonds is 6. The number of hydrogen-bond acceptors (Lipinski definition) is 12. The number of ketones is 2. The molecule has 0 radical (unpaired) electrons. The zero-order chi connectivity index (χ0) is 47.3. The third-order valence-corrected chi connectivity index (χ3v) is 14.5. The molecule has 2 bridgehead atoms. The molecule has 3 aliphatic heterocycles. The Kier molecular flexibility index (Phi) is 21.1. The first-order valence-electron chi connectivity index (χ1n) is 23.9. The summed E-state index contributed by atoms with van der Waals surface area (Å²) < 4.78 is 29.8. The van der Waals surface area contributed by atoms with Crippen LogP contribution >= 0.6 is 0 Å². The van der Waals surface area contributed by atoms with Gasteiger partial charge in [-0.05, 0) is 107 Å². The first kappa shape index (κ1) is 53.6. The van der Waals surface area contributed by atoms with Crippen molar-refractivity contribution in [2.24, 2.45) is 35.5 Å². The Labute approximate surface area is 383 Å². The van der Waals surface area contributed by atoms with E-state index in [-0.39, 0.29) is 66.4 Å². The molecule has 1 aliphatic carbocycles. The van der Waals surface area contributed by atoms with Crippen LogP contribution in [0.15, 0.2) is 47.6 Å². The lowest BCUT2D eigenvalue weighted by molar-refractivity contribution is -0.284. The molecule has 362 valence electrons. The van der Waals surface area contributed by atoms with Gasteiger partial charge in [0.15, 0.2) is 11.6 Å². The molecular formula is C51H81NO12. The highest BCUT2D eigenvalue weighted by Gasteiger charge is 2.46. The van der Waals surface area contributed by atoms with Crippen LogP contribution in [0.3, 0.4) is 0 Å². The number of ether oxygens (including phenoxy) is 5. The van der Waals surface area contributed by atoms with Crippen LogP contribution in [0.4, 0.5) is 0 Å². The van der Waals surface area contributed by atoms with Gasteiger partial charge in [0.25, 0.3) is 0 Å². The molecule has 3 N–H and O–H groups in total. The molecule has 64 heavy (non-hydrogen) atoms. The molecule has 4 rings (SSSR count). The van der Waals surface area contributed by atoms with Crippen LogP contribution in [-0.4, -0.2) is 126 Å². The van der Waals surface area contributed by atoms with Crippen molar-refractivity contribution >= 4 is 23.4 Å². The van der Waals surface area contributed by atoms with Crippen LogP contribution in [0, 0.1) is 35.5 Å². The van der Waals surface area contributed by atoms with E-state index in [4.69, 9.17) is 23.7 Å². The van der Waals surface area contributed by atoms with Gasteiger partial charge in [0.2, 0.25) is 5.91 Å². The van der Waals surface area contributed by atoms with Crippen molar-refractivity contribution in [3.05, 3.63) is 47.6 Å². The van der Waals surface area contributed by atoms with Crippen LogP contribution in [-0.2, 0) is 42.9 Å². The number of aliphatic hydroxyl groups is 3. The maximum absolute atomic E-state index is 14.4. The molecule has 0 aromatic heterocycles. The summed E-state index contributed by atoms with van der Waals surface area (Å²) in [6.07, 6.45) is 13.0. The average molecular weight is 900 g/mol. The van der Waals surface area contributed by atoms with Gasteiger partial charge in [0.1, 0.15) is 30.1 Å². The van der Waals surface area contributed by atoms with Crippen LogP contribution in [0.2, 0.25) is 0 Å². The number of carbonyl (C=O) groups excluding carboxylic acids is 4. The lowest BCUT2D eigenvalue weighted by Crippen LogP contribution is -2.55. The Morgan fingerprint density at radius 2 is 1.59 bits per heavy atom. The van der Waals surface area contributed by atoms with Crippen LogP contribution in [0.5, 0.6) is 0 Å². The highest BCUT2D eigenvalue weighted by Crippen LogP contribution is 2.39. The standard InChI is InChI=1S/C51H81NO12/c1-31-16-12-11-13-17-32(2)43(60-8)28-39-21-19-37(7)51(59,64-39)30-46(55)52-23-15-14-18-40(52)50(58)63-44(34(4)26-38-20-22-41(53)45(27-38)61-9)29-42(54)33(3)25-36(6)48(57)49(62-10)47(56)35(5)24-31/h11-13,16-17,25,31,33-35,37-41,43-45,48-49,53,57,59H,14-15,18-24,26-30H2,1-10H3/b13-11+,16-12+,32-17+,36-25+/t31-,33-,34-,35-,37-,38+,39+,40+,41-,43+,44+,45-,48-,49+,51+/m1/s1. The fourth-order valence-electron chi connectivity index (χ4n) is 10.2. The third kappa shape index (κ3) is 14.7. The molecule has 1 saturated carbocycles. The maximum Gasteiger partial charge on any atom is 0.329 e. The zero-order valence-electron chi connectivity index (χ0n) is 40.4. The van der Waals surface area contributed by atoms with Gasteiger partial charge < -0.3 is 43.9 Å². The lowest BCUT2D eigenvalue weighted by Gasteiger charge is -2.44. The molecule has 3 heterocycles. The SMILES string of the molecule is CO[C@H]1C[C@@H]2CC[C@@H](C)[C@](O)(CC(=O)N3CCCC[C@H]3C(=O)O[C@H]([C@H](C)C[C@@H]3CC[C@@H](O)[C@H](OC)C3)CC(=O)[C@H](C)/C=C(\C)[C@@H](O)[C@@H](OC)C(=O)[C@H](C)C[C@H](C)/C=C/C=C/C=C/1C)O2. The van der Waals surface area contributed by atoms with E-state index in [0.29, 0.717) is 76.3 Å². The van der Waals surface area contributed by atoms with E-state index < -0.39 is 60.0 Å². The van der Waals surface area contributed by atoms with Crippen molar-refractivity contribution in [3.63, 3.8) is 0 Å². The number of esters is 1. The van der Waals surface area contributed by atoms with Gasteiger partial charge in [-0.1, -0.05) is 71.1 Å². The van der Waals surface area contributed by atoms with E-state index in [0.717, 1.165) is 12.0 Å². The second kappa shape index (κ2) is 25.2. The largest absolute Gasteiger partial charge is 0.460 e. The van der Waals surface area contributed by atoms with Gasteiger partial charge in [0, 0.05) is 58.5 Å². The summed E-state index contributed by atoms with van der Waals surface area (Å²) in [6.45, 7) is 13.4. The first-order valence-corrected chi connectivity index (χ1v) is 23.9. The van der Waals surface area contributed by atoms with Crippen molar-refractivity contribution in [1.29, 1.82) is 0 Å². The Balaban J connectivity index is 1.67. The van der Waals surface area contributed by atoms with Crippen molar-refractivity contribution in [2.45, 2.75) is 186 Å². The fourth-order valence-corrected chi connectivity index (χ4v) is 10.2. The quantitative estimate of drug-likeness (QED) is 0.184. The normalized spacial score (nSPS) is 40.8. The van der Waals surface area contributed by atoms with Crippen molar-refractivity contribution in [2.75, 3.05) is 27.9 Å². The van der Waals surface area contributed by atoms with E-state index >= 15 is 0 Å². The molecule has 0 aromatic carbocycles. The summed E-state index contributed by atoms with van der Waals surface area (Å²) in [7, 11) is 4.63. The number of allylic oxidation sites excluding steroid dienone is 6. The Bertz CT molecular complexity index is 1670. The fraction of sp³-hybridized carbons (Fsp3) is 0.765. The Morgan fingerprint density at radius 1 is 0.859 bits per heavy atom. The number of carbonyl (C=O) groups is 4. The molecule has 0 spiro atoms. The number of cyclic esters (lactones) is 1. The number of amides is 1. The van der Waals surface area contributed by atoms with E-state index in [2.05, 4.69) is 0 Å². The van der Waals surface area contributed by atoms with Crippen molar-refractivity contribution in [1.82, 2.24) is 4.90 Å². The van der Waals surface area contributed by atoms with Gasteiger partial charge >= 0.3 is 5.97 Å². The van der Waals surface area contributed by atoms with Gasteiger partial charge in [-0.15, -0.1) is 0 Å². The number of nitrogens with zero attached hydrogens (tertiary/aromatic N) is 1. The Hall–Kier alpha value is -3.04. The van der Waals surface area contributed by atoms with Gasteiger partial charge in [-0.25, -0.2) is 4.79 Å². The first-order chi connectivity index (χ1) is 30.3. The molecular weight excluding hydrogens is 819 g/mol. The lowest BCUT2D eigenvalue weighted by atomic mass is 9.78. The molecule has 1 amide bonds. The summed E-state index contributed by atoms with van der Waals surface area (Å²) >= 11 is 0. The summed E-state index contributed by atoms with van der Waals surface area (Å²) in [5, 5.41) is 33.9. The molecule has 13 nitrogen and oxygen atoms in total. The third-order valence-electron chi connectivity index (χ3n) is 14.5. The molecule has 4 aliphatic rings. The van der Waals surface area contributed by atoms with E-state index in [1.807, 2.05) is 65.0 Å². The van der Waals surface area contributed by atoms with Gasteiger partial charge in [0.05, 0.1) is 30.8 Å². The molecule has 0 aromatic rings. The van der Waals surface area contributed by atoms with Crippen molar-refractivity contribution in [3.8, 4) is 0 Å². The summed E-state index contributed by atoms with van der Waals surface area (Å²) in [5.74, 6) is -4.68. The van der Waals surface area contributed by atoms with Crippen LogP contribution in [0.25, 0.3) is 0 Å². The predicted molar refractivity (Wildman–Crippen MR) is 245 cm³/mol. The molecule has 3 fully saturated rings. The zero-order valence-corrected chi connectivity index (χ0v) is 40.4. The molecule has 2 saturated heterocycles. The maximum atomic E-state index is 14.4. The summed E-state index contributed by atoms with van der Waals surface area (Å²) in [4.78, 5) is 57.9. The molecule has 0 unspecified atom stereocenters. The van der Waals surface area contributed by atoms with Crippen molar-refractivity contribution < 1.29 is 58.2 Å². The number of methoxy groups -OCH3 is 3. The molecule has 13 heteroatoms. The Morgan fingerprint density at radius 3 is 2.28 bits per heavy atom. The smallest absolute Gasteiger partial charge is 0.329 e. The predicted octanol–water partition coefficient (Wildman–Crippen LogP) is 7.00. The number of aliphatic hydroxyl groups excluding tert-OH is 2. The van der Waals surface area contributed by atoms with E-state index in [1.54, 1.807) is 34.1 Å². The minimum atomic E-state index is -1.75. The average Bonchev–Trinajstić information content (AvgIpc) is 3.26. The summed E-state index contributed by atoms with van der Waals surface area (Å²) in [5.41, 5.74) is 1.39. The van der Waals surface area contributed by atoms with E-state index in [9.17, 15) is 34.5 Å². The topological polar surface area (TPSA) is 178 Å². The number of piperidine rings is 1. The number of hydrogen-bond donors (Lipinski definition) is 3. The number of fused-ring (bicyclic) bond motifs is 3. The van der Waals surface area contributed by atoms with Crippen LogP contribution in [0.1, 0.15) is 132 Å². The highest BCUT2D eigenvalue weighted by molar-refractivity contribution is 5.87. The second-order valence-electron chi connectivity index (χ2n) is 19.7. The summed E-state index contributed by atoms with van der Waals surface area (Å²) in [6, 6.07) is -0.903. The highest BCUT2D eigenvalue weighted by atomic mass is 16.6. The molecule has 15 atom stereocenters. The minimum Gasteiger partial charge on any atom is -0.460 e. The van der Waals surface area contributed by atoms with Crippen LogP contribution < -0.4 is 0 Å².